The number of carbonyl (C=O) groups is 1. The molecule has 0 spiro atoms. The van der Waals surface area contributed by atoms with E-state index in [4.69, 9.17) is 10.5 Å². The molecule has 0 saturated carbocycles. The molecular weight excluding hydrogens is 258 g/mol. The summed E-state index contributed by atoms with van der Waals surface area (Å²) >= 11 is 0. The number of aromatic nitrogens is 2. The Morgan fingerprint density at radius 3 is 2.85 bits per heavy atom. The van der Waals surface area contributed by atoms with Crippen molar-refractivity contribution in [2.75, 3.05) is 37.9 Å². The lowest BCUT2D eigenvalue weighted by Crippen LogP contribution is -2.28. The number of nitrogen functional groups attached to an aromatic ring is 1. The average molecular weight is 283 g/mol. The fourth-order valence-electron chi connectivity index (χ4n) is 1.83. The summed E-state index contributed by atoms with van der Waals surface area (Å²) in [6, 6.07) is 0. The van der Waals surface area contributed by atoms with Crippen LogP contribution in [-0.4, -0.2) is 42.5 Å². The van der Waals surface area contributed by atoms with E-state index in [1.807, 2.05) is 11.6 Å². The number of nitrogens with zero attached hydrogens (tertiary/aromatic N) is 2. The minimum absolute atomic E-state index is 0.00796. The van der Waals surface area contributed by atoms with Crippen LogP contribution in [0.4, 0.5) is 11.5 Å². The molecule has 1 rings (SSSR count). The van der Waals surface area contributed by atoms with Gasteiger partial charge in [-0.25, -0.2) is 4.68 Å². The van der Waals surface area contributed by atoms with Crippen molar-refractivity contribution in [1.29, 1.82) is 0 Å². The van der Waals surface area contributed by atoms with Crippen LogP contribution in [0.15, 0.2) is 0 Å². The average Bonchev–Trinajstić information content (AvgIpc) is 2.67. The number of nitrogens with two attached hydrogens (primary N) is 1. The van der Waals surface area contributed by atoms with Gasteiger partial charge in [-0.15, -0.1) is 0 Å². The molecule has 7 heteroatoms. The number of hydrogen-bond donors (Lipinski definition) is 3. The first kappa shape index (κ1) is 16.3. The number of hydrogen-bond acceptors (Lipinski definition) is 5. The molecule has 20 heavy (non-hydrogen) atoms. The van der Waals surface area contributed by atoms with E-state index in [2.05, 4.69) is 22.7 Å². The maximum atomic E-state index is 11.5. The number of aryl methyl sites for hydroxylation is 2. The van der Waals surface area contributed by atoms with Crippen LogP contribution in [0.25, 0.3) is 0 Å². The summed E-state index contributed by atoms with van der Waals surface area (Å²) in [6.45, 7) is 6.35. The molecule has 1 heterocycles. The van der Waals surface area contributed by atoms with Crippen molar-refractivity contribution in [2.24, 2.45) is 0 Å². The standard InChI is InChI=1S/C13H25N5O2/c1-4-8-18-13(12(14)10(2)17-18)16-6-5-11(19)15-7-9-20-3/h16H,4-9,14H2,1-3H3,(H,15,19). The second-order valence-electron chi connectivity index (χ2n) is 4.59. The van der Waals surface area contributed by atoms with E-state index in [0.717, 1.165) is 24.5 Å². The van der Waals surface area contributed by atoms with Gasteiger partial charge in [0.05, 0.1) is 18.0 Å². The van der Waals surface area contributed by atoms with Gasteiger partial charge in [-0.2, -0.15) is 5.10 Å². The van der Waals surface area contributed by atoms with Crippen molar-refractivity contribution < 1.29 is 9.53 Å². The lowest BCUT2D eigenvalue weighted by atomic mass is 10.3. The van der Waals surface area contributed by atoms with Gasteiger partial charge in [0.25, 0.3) is 0 Å². The molecule has 0 unspecified atom stereocenters. The number of anilines is 2. The van der Waals surface area contributed by atoms with Crippen molar-refractivity contribution >= 4 is 17.4 Å². The molecule has 4 N–H and O–H groups in total. The van der Waals surface area contributed by atoms with Gasteiger partial charge in [-0.3, -0.25) is 4.79 Å². The summed E-state index contributed by atoms with van der Waals surface area (Å²) in [4.78, 5) is 11.5. The first-order chi connectivity index (χ1) is 9.60. The highest BCUT2D eigenvalue weighted by molar-refractivity contribution is 5.76. The van der Waals surface area contributed by atoms with Crippen molar-refractivity contribution in [1.82, 2.24) is 15.1 Å². The molecule has 1 aromatic heterocycles. The Kier molecular flexibility index (Phi) is 6.86. The van der Waals surface area contributed by atoms with Crippen LogP contribution in [0.2, 0.25) is 0 Å². The van der Waals surface area contributed by atoms with Crippen LogP contribution < -0.4 is 16.4 Å². The van der Waals surface area contributed by atoms with Crippen LogP contribution in [0, 0.1) is 6.92 Å². The molecule has 0 atom stereocenters. The minimum atomic E-state index is -0.00796. The Morgan fingerprint density at radius 1 is 1.45 bits per heavy atom. The Labute approximate surface area is 119 Å². The maximum absolute atomic E-state index is 11.5. The highest BCUT2D eigenvalue weighted by Crippen LogP contribution is 2.22. The Morgan fingerprint density at radius 2 is 2.20 bits per heavy atom. The third-order valence-corrected chi connectivity index (χ3v) is 2.88. The van der Waals surface area contributed by atoms with Crippen molar-refractivity contribution in [3.8, 4) is 0 Å². The number of methoxy groups -OCH3 is 1. The minimum Gasteiger partial charge on any atom is -0.394 e. The number of ether oxygens (including phenoxy) is 1. The largest absolute Gasteiger partial charge is 0.394 e. The Bertz CT molecular complexity index is 431. The molecular formula is C13H25N5O2. The summed E-state index contributed by atoms with van der Waals surface area (Å²) in [7, 11) is 1.60. The number of amides is 1. The van der Waals surface area contributed by atoms with Crippen LogP contribution >= 0.6 is 0 Å². The molecule has 0 saturated heterocycles. The van der Waals surface area contributed by atoms with E-state index in [0.29, 0.717) is 31.8 Å². The third kappa shape index (κ3) is 4.73. The van der Waals surface area contributed by atoms with E-state index in [9.17, 15) is 4.79 Å². The predicted molar refractivity (Wildman–Crippen MR) is 79.7 cm³/mol. The lowest BCUT2D eigenvalue weighted by Gasteiger charge is -2.10. The first-order valence-corrected chi connectivity index (χ1v) is 6.92. The summed E-state index contributed by atoms with van der Waals surface area (Å²) in [6.07, 6.45) is 1.37. The fourth-order valence-corrected chi connectivity index (χ4v) is 1.83. The molecule has 0 radical (unpaired) electrons. The van der Waals surface area contributed by atoms with E-state index >= 15 is 0 Å². The fraction of sp³-hybridized carbons (Fsp3) is 0.692. The molecule has 0 aromatic carbocycles. The molecule has 114 valence electrons. The molecule has 7 nitrogen and oxygen atoms in total. The van der Waals surface area contributed by atoms with E-state index < -0.39 is 0 Å². The van der Waals surface area contributed by atoms with Gasteiger partial charge in [0, 0.05) is 33.2 Å². The van der Waals surface area contributed by atoms with Crippen LogP contribution in [0.1, 0.15) is 25.5 Å². The second-order valence-corrected chi connectivity index (χ2v) is 4.59. The third-order valence-electron chi connectivity index (χ3n) is 2.88. The van der Waals surface area contributed by atoms with Gasteiger partial charge < -0.3 is 21.1 Å². The van der Waals surface area contributed by atoms with Gasteiger partial charge in [0.2, 0.25) is 5.91 Å². The molecule has 0 aliphatic rings. The van der Waals surface area contributed by atoms with Gasteiger partial charge in [0.15, 0.2) is 0 Å². The van der Waals surface area contributed by atoms with Crippen LogP contribution in [0.5, 0.6) is 0 Å². The maximum Gasteiger partial charge on any atom is 0.221 e. The predicted octanol–water partition coefficient (Wildman–Crippen LogP) is 0.748. The Balaban J connectivity index is 2.43. The summed E-state index contributed by atoms with van der Waals surface area (Å²) in [5.74, 6) is 0.792. The second kappa shape index (κ2) is 8.42. The topological polar surface area (TPSA) is 94.2 Å². The molecule has 1 aromatic rings. The molecule has 0 fully saturated rings. The Hall–Kier alpha value is -1.76. The first-order valence-electron chi connectivity index (χ1n) is 6.92. The quantitative estimate of drug-likeness (QED) is 0.581. The molecule has 1 amide bonds. The smallest absolute Gasteiger partial charge is 0.221 e. The number of rotatable bonds is 9. The zero-order chi connectivity index (χ0) is 15.0. The van der Waals surface area contributed by atoms with Crippen molar-refractivity contribution in [3.05, 3.63) is 5.69 Å². The van der Waals surface area contributed by atoms with Crippen molar-refractivity contribution in [3.63, 3.8) is 0 Å². The van der Waals surface area contributed by atoms with E-state index in [1.165, 1.54) is 0 Å². The lowest BCUT2D eigenvalue weighted by molar-refractivity contribution is -0.121. The van der Waals surface area contributed by atoms with Crippen LogP contribution in [-0.2, 0) is 16.1 Å². The summed E-state index contributed by atoms with van der Waals surface area (Å²) in [5, 5.41) is 10.3. The van der Waals surface area contributed by atoms with Gasteiger partial charge in [0.1, 0.15) is 5.82 Å². The zero-order valence-electron chi connectivity index (χ0n) is 12.5. The highest BCUT2D eigenvalue weighted by Gasteiger charge is 2.11. The molecule has 0 aliphatic heterocycles. The molecule has 0 aliphatic carbocycles. The van der Waals surface area contributed by atoms with Gasteiger partial charge >= 0.3 is 0 Å². The van der Waals surface area contributed by atoms with Gasteiger partial charge in [-0.1, -0.05) is 6.92 Å². The van der Waals surface area contributed by atoms with E-state index in [-0.39, 0.29) is 5.91 Å². The van der Waals surface area contributed by atoms with E-state index in [1.54, 1.807) is 7.11 Å². The number of nitrogens with one attached hydrogen (secondary N) is 2. The summed E-state index contributed by atoms with van der Waals surface area (Å²) < 4.78 is 6.72. The zero-order valence-corrected chi connectivity index (χ0v) is 12.5. The summed E-state index contributed by atoms with van der Waals surface area (Å²) in [5.41, 5.74) is 7.45. The normalized spacial score (nSPS) is 10.6. The monoisotopic (exact) mass is 283 g/mol. The van der Waals surface area contributed by atoms with Crippen molar-refractivity contribution in [2.45, 2.75) is 33.2 Å². The van der Waals surface area contributed by atoms with Crippen LogP contribution in [0.3, 0.4) is 0 Å². The molecule has 0 bridgehead atoms. The number of carbonyl (C=O) groups excluding carboxylic acids is 1. The highest BCUT2D eigenvalue weighted by atomic mass is 16.5. The van der Waals surface area contributed by atoms with Gasteiger partial charge in [-0.05, 0) is 13.3 Å². The SMILES string of the molecule is CCCn1nc(C)c(N)c1NCCC(=O)NCCOC.